The number of amides is 1. The maximum Gasteiger partial charge on any atom is 0.251 e. The van der Waals surface area contributed by atoms with Crippen LogP contribution >= 0.6 is 0 Å². The monoisotopic (exact) mass is 553 g/mol. The lowest BCUT2D eigenvalue weighted by Gasteiger charge is -2.25. The molecule has 8 heteroatoms. The third-order valence-corrected chi connectivity index (χ3v) is 7.49. The van der Waals surface area contributed by atoms with E-state index in [1.54, 1.807) is 12.3 Å². The highest BCUT2D eigenvalue weighted by atomic mass is 16.3. The van der Waals surface area contributed by atoms with Crippen LogP contribution in [0.5, 0.6) is 0 Å². The predicted octanol–water partition coefficient (Wildman–Crippen LogP) is 5.10. The smallest absolute Gasteiger partial charge is 0.251 e. The molecule has 0 saturated heterocycles. The first-order chi connectivity index (χ1) is 19.9. The second-order valence-electron chi connectivity index (χ2n) is 11.1. The number of aliphatic hydroxyl groups excluding tert-OH is 1. The number of pyridine rings is 1. The molecule has 2 aromatic heterocycles. The van der Waals surface area contributed by atoms with Crippen molar-refractivity contribution in [3.63, 3.8) is 0 Å². The van der Waals surface area contributed by atoms with Crippen LogP contribution in [0.15, 0.2) is 77.7 Å². The van der Waals surface area contributed by atoms with E-state index in [4.69, 9.17) is 4.42 Å². The van der Waals surface area contributed by atoms with E-state index in [2.05, 4.69) is 70.1 Å². The minimum atomic E-state index is -0.820. The molecule has 4 bridgehead atoms. The van der Waals surface area contributed by atoms with Crippen LogP contribution < -0.4 is 16.0 Å². The van der Waals surface area contributed by atoms with Gasteiger partial charge in [-0.15, -0.1) is 0 Å². The molecule has 1 aliphatic rings. The highest BCUT2D eigenvalue weighted by Crippen LogP contribution is 2.25. The zero-order chi connectivity index (χ0) is 28.6. The summed E-state index contributed by atoms with van der Waals surface area (Å²) in [5, 5.41) is 21.3. The van der Waals surface area contributed by atoms with Crippen molar-refractivity contribution in [3.05, 3.63) is 101 Å². The summed E-state index contributed by atoms with van der Waals surface area (Å²) in [6, 6.07) is 17.6. The average Bonchev–Trinajstić information content (AvgIpc) is 3.52. The highest BCUT2D eigenvalue weighted by Gasteiger charge is 2.24. The first-order valence-corrected chi connectivity index (χ1v) is 14.5. The van der Waals surface area contributed by atoms with E-state index in [-0.39, 0.29) is 5.91 Å². The van der Waals surface area contributed by atoms with Crippen molar-refractivity contribution in [2.24, 2.45) is 0 Å². The Morgan fingerprint density at radius 3 is 2.71 bits per heavy atom. The molecule has 2 aromatic carbocycles. The fourth-order valence-corrected chi connectivity index (χ4v) is 5.18. The summed E-state index contributed by atoms with van der Waals surface area (Å²) in [5.41, 5.74) is 6.52. The molecule has 5 rings (SSSR count). The van der Waals surface area contributed by atoms with Crippen molar-refractivity contribution in [1.82, 2.24) is 20.6 Å². The fourth-order valence-electron chi connectivity index (χ4n) is 5.18. The molecule has 3 heterocycles. The lowest BCUT2D eigenvalue weighted by Crippen LogP contribution is -2.48. The number of benzene rings is 2. The van der Waals surface area contributed by atoms with Gasteiger partial charge in [0.05, 0.1) is 24.0 Å². The van der Waals surface area contributed by atoms with Gasteiger partial charge in [-0.1, -0.05) is 38.1 Å². The van der Waals surface area contributed by atoms with Gasteiger partial charge in [-0.25, -0.2) is 4.98 Å². The van der Waals surface area contributed by atoms with Crippen molar-refractivity contribution in [1.29, 1.82) is 0 Å². The largest absolute Gasteiger partial charge is 0.445 e. The number of nitrogens with zero attached hydrogens (tertiary/aromatic N) is 2. The number of nitrogens with one attached hydrogen (secondary N) is 3. The molecule has 214 valence electrons. The minimum Gasteiger partial charge on any atom is -0.445 e. The van der Waals surface area contributed by atoms with Gasteiger partial charge in [0.2, 0.25) is 5.89 Å². The van der Waals surface area contributed by atoms with Crippen LogP contribution in [0.25, 0.3) is 11.5 Å². The van der Waals surface area contributed by atoms with Crippen molar-refractivity contribution in [2.75, 3.05) is 18.4 Å². The van der Waals surface area contributed by atoms with Gasteiger partial charge in [-0.3, -0.25) is 9.78 Å². The van der Waals surface area contributed by atoms with Crippen LogP contribution in [0, 0.1) is 0 Å². The molecule has 1 aliphatic heterocycles. The molecule has 0 spiro atoms. The van der Waals surface area contributed by atoms with Crippen LogP contribution in [0.1, 0.15) is 65.3 Å². The normalized spacial score (nSPS) is 16.8. The number of aliphatic hydroxyl groups is 1. The van der Waals surface area contributed by atoms with Gasteiger partial charge < -0.3 is 25.5 Å². The molecule has 8 nitrogen and oxygen atoms in total. The Hall–Kier alpha value is -4.01. The first kappa shape index (κ1) is 28.5. The van der Waals surface area contributed by atoms with Gasteiger partial charge in [0.25, 0.3) is 5.91 Å². The summed E-state index contributed by atoms with van der Waals surface area (Å²) in [6.45, 7) is 5.94. The lowest BCUT2D eigenvalue weighted by atomic mass is 9.97. The topological polar surface area (TPSA) is 112 Å². The molecule has 4 N–H and O–H groups in total. The summed E-state index contributed by atoms with van der Waals surface area (Å²) >= 11 is 0. The lowest BCUT2D eigenvalue weighted by molar-refractivity contribution is 0.0830. The first-order valence-electron chi connectivity index (χ1n) is 14.5. The van der Waals surface area contributed by atoms with Gasteiger partial charge in [-0.05, 0) is 78.6 Å². The molecule has 0 saturated carbocycles. The molecule has 2 atom stereocenters. The minimum absolute atomic E-state index is 0.261. The quantitative estimate of drug-likeness (QED) is 0.252. The van der Waals surface area contributed by atoms with E-state index in [1.165, 1.54) is 17.4 Å². The van der Waals surface area contributed by atoms with Gasteiger partial charge in [-0.2, -0.15) is 0 Å². The number of oxazole rings is 1. The van der Waals surface area contributed by atoms with Gasteiger partial charge in [0.1, 0.15) is 6.26 Å². The van der Waals surface area contributed by atoms with E-state index >= 15 is 0 Å². The van der Waals surface area contributed by atoms with E-state index in [1.807, 2.05) is 24.4 Å². The molecule has 0 unspecified atom stereocenters. The van der Waals surface area contributed by atoms with E-state index in [0.717, 1.165) is 48.3 Å². The van der Waals surface area contributed by atoms with Crippen molar-refractivity contribution in [3.8, 4) is 11.5 Å². The molecule has 0 aliphatic carbocycles. The number of anilines is 1. The fraction of sp³-hybridized carbons (Fsp3) is 0.364. The standard InChI is InChI=1S/C33H39N5O3/c1-22(2)25-9-11-36-29(17-25)20-34-21-31(39)30-15-24-8-5-7-23(14-24)6-3-4-10-35-28-18-26(32(40)38-30)16-27(19-28)33-37-12-13-41-33/h5,7-9,11-14,16-19,22,30-31,34-35,39H,3-4,6,10,15,20-21H2,1-2H3,(H,38,40)/t30-,31+/m0/s1. The SMILES string of the molecule is CC(C)c1ccnc(CNC[C@@H](O)[C@@H]2Cc3cccc(c3)CCCCNc3cc(cc(-c4ncco4)c3)C(=O)N2)c1. The number of hydrogen-bond donors (Lipinski definition) is 4. The number of carbonyl (C=O) groups excluding carboxylic acids is 1. The van der Waals surface area contributed by atoms with Crippen LogP contribution in [0.3, 0.4) is 0 Å². The summed E-state index contributed by atoms with van der Waals surface area (Å²) in [7, 11) is 0. The number of fused-ring (bicyclic) bond motifs is 4. The van der Waals surface area contributed by atoms with Crippen molar-refractivity contribution in [2.45, 2.75) is 64.1 Å². The van der Waals surface area contributed by atoms with Crippen LogP contribution in [0.2, 0.25) is 0 Å². The van der Waals surface area contributed by atoms with Crippen molar-refractivity contribution < 1.29 is 14.3 Å². The van der Waals surface area contributed by atoms with Crippen LogP contribution in [-0.4, -0.2) is 46.2 Å². The van der Waals surface area contributed by atoms with E-state index in [9.17, 15) is 9.90 Å². The molecule has 41 heavy (non-hydrogen) atoms. The number of hydrogen-bond acceptors (Lipinski definition) is 7. The molecular formula is C33H39N5O3. The molecular weight excluding hydrogens is 514 g/mol. The van der Waals surface area contributed by atoms with Gasteiger partial charge >= 0.3 is 0 Å². The molecule has 1 amide bonds. The Morgan fingerprint density at radius 1 is 1.02 bits per heavy atom. The molecule has 0 radical (unpaired) electrons. The summed E-state index contributed by atoms with van der Waals surface area (Å²) in [5.74, 6) is 0.607. The zero-order valence-corrected chi connectivity index (χ0v) is 23.8. The van der Waals surface area contributed by atoms with E-state index in [0.29, 0.717) is 36.9 Å². The highest BCUT2D eigenvalue weighted by molar-refractivity contribution is 5.96. The summed E-state index contributed by atoms with van der Waals surface area (Å²) < 4.78 is 5.52. The third-order valence-electron chi connectivity index (χ3n) is 7.49. The van der Waals surface area contributed by atoms with Gasteiger partial charge in [0.15, 0.2) is 0 Å². The molecule has 4 aromatic rings. The Bertz CT molecular complexity index is 1440. The molecule has 0 fully saturated rings. The Labute approximate surface area is 241 Å². The van der Waals surface area contributed by atoms with Crippen LogP contribution in [0.4, 0.5) is 5.69 Å². The maximum atomic E-state index is 13.6. The second-order valence-corrected chi connectivity index (χ2v) is 11.1. The maximum absolute atomic E-state index is 13.6. The summed E-state index contributed by atoms with van der Waals surface area (Å²) in [6.07, 6.45) is 7.64. The summed E-state index contributed by atoms with van der Waals surface area (Å²) in [4.78, 5) is 22.4. The van der Waals surface area contributed by atoms with Crippen LogP contribution in [-0.2, 0) is 19.4 Å². The average molecular weight is 554 g/mol. The number of carbonyl (C=O) groups is 1. The van der Waals surface area contributed by atoms with E-state index < -0.39 is 12.1 Å². The number of aryl methyl sites for hydroxylation is 1. The predicted molar refractivity (Wildman–Crippen MR) is 161 cm³/mol. The third kappa shape index (κ3) is 7.80. The van der Waals surface area contributed by atoms with Gasteiger partial charge in [0, 0.05) is 42.6 Å². The Kier molecular flexibility index (Phi) is 9.44. The zero-order valence-electron chi connectivity index (χ0n) is 23.8. The van der Waals surface area contributed by atoms with Crippen molar-refractivity contribution >= 4 is 11.6 Å². The number of rotatable bonds is 7. The second kappa shape index (κ2) is 13.6. The number of aromatic nitrogens is 2. The Morgan fingerprint density at radius 2 is 1.88 bits per heavy atom. The Balaban J connectivity index is 1.37.